The molecule has 4 aromatic rings. The Kier molecular flexibility index (Phi) is 6.34. The summed E-state index contributed by atoms with van der Waals surface area (Å²) >= 11 is 0. The van der Waals surface area contributed by atoms with Crippen LogP contribution in [0.3, 0.4) is 0 Å². The number of anilines is 3. The van der Waals surface area contributed by atoms with Crippen molar-refractivity contribution in [3.05, 3.63) is 60.2 Å². The first-order valence-electron chi connectivity index (χ1n) is 11.3. The summed E-state index contributed by atoms with van der Waals surface area (Å²) in [6, 6.07) is 11.6. The van der Waals surface area contributed by atoms with Gasteiger partial charge in [-0.2, -0.15) is 15.1 Å². The van der Waals surface area contributed by atoms with E-state index in [0.29, 0.717) is 36.6 Å². The van der Waals surface area contributed by atoms with E-state index in [1.165, 1.54) is 0 Å². The molecule has 0 aliphatic carbocycles. The number of aromatic nitrogens is 6. The summed E-state index contributed by atoms with van der Waals surface area (Å²) in [5.41, 5.74) is 2.15. The Morgan fingerprint density at radius 1 is 1.26 bits per heavy atom. The summed E-state index contributed by atoms with van der Waals surface area (Å²) in [4.78, 5) is 28.7. The maximum atomic E-state index is 12.3. The minimum Gasteiger partial charge on any atom is -0.385 e. The van der Waals surface area contributed by atoms with Crippen LogP contribution in [0.1, 0.15) is 41.5 Å². The molecule has 0 saturated carbocycles. The van der Waals surface area contributed by atoms with Crippen molar-refractivity contribution in [2.75, 3.05) is 37.0 Å². The molecule has 1 fully saturated rings. The van der Waals surface area contributed by atoms with Gasteiger partial charge in [-0.25, -0.2) is 0 Å². The third kappa shape index (κ3) is 4.55. The molecule has 1 amide bonds. The predicted molar refractivity (Wildman–Crippen MR) is 127 cm³/mol. The molecule has 1 saturated heterocycles. The van der Waals surface area contributed by atoms with Gasteiger partial charge < -0.3 is 20.3 Å². The summed E-state index contributed by atoms with van der Waals surface area (Å²) in [6.07, 6.45) is 6.49. The number of amides is 1. The van der Waals surface area contributed by atoms with Crippen LogP contribution in [0.4, 0.5) is 17.7 Å². The number of nitrogens with zero attached hydrogens (tertiary/aromatic N) is 6. The van der Waals surface area contributed by atoms with Crippen LogP contribution < -0.4 is 15.5 Å². The molecule has 1 atom stereocenters. The number of rotatable bonds is 9. The molecular formula is C23H27N9O2. The summed E-state index contributed by atoms with van der Waals surface area (Å²) in [6.45, 7) is 1.98. The van der Waals surface area contributed by atoms with Crippen LogP contribution in [-0.4, -0.2) is 62.3 Å². The number of methoxy groups -OCH3 is 1. The largest absolute Gasteiger partial charge is 0.385 e. The molecule has 34 heavy (non-hydrogen) atoms. The molecule has 176 valence electrons. The zero-order valence-electron chi connectivity index (χ0n) is 18.9. The highest BCUT2D eigenvalue weighted by atomic mass is 16.5. The van der Waals surface area contributed by atoms with E-state index in [9.17, 15) is 4.79 Å². The van der Waals surface area contributed by atoms with Gasteiger partial charge in [0.25, 0.3) is 5.91 Å². The number of carbonyl (C=O) groups is 1. The number of pyridine rings is 1. The third-order valence-electron chi connectivity index (χ3n) is 5.79. The number of ether oxygens (including phenoxy) is 1. The van der Waals surface area contributed by atoms with Crippen molar-refractivity contribution in [2.24, 2.45) is 0 Å². The number of fused-ring (bicyclic) bond motifs is 1. The van der Waals surface area contributed by atoms with Gasteiger partial charge in [-0.05, 0) is 43.5 Å². The van der Waals surface area contributed by atoms with E-state index in [1.54, 1.807) is 13.2 Å². The summed E-state index contributed by atoms with van der Waals surface area (Å²) in [5, 5.41) is 13.1. The second-order valence-electron chi connectivity index (χ2n) is 8.08. The second-order valence-corrected chi connectivity index (χ2v) is 8.08. The average molecular weight is 462 g/mol. The lowest BCUT2D eigenvalue weighted by molar-refractivity contribution is 0.0943. The number of carbonyl (C=O) groups excluding carboxylic acids is 1. The van der Waals surface area contributed by atoms with Gasteiger partial charge in [0.05, 0.1) is 11.7 Å². The van der Waals surface area contributed by atoms with Crippen molar-refractivity contribution in [2.45, 2.75) is 25.3 Å². The highest BCUT2D eigenvalue weighted by Gasteiger charge is 2.29. The molecule has 0 radical (unpaired) electrons. The van der Waals surface area contributed by atoms with Crippen LogP contribution in [-0.2, 0) is 4.74 Å². The first-order valence-corrected chi connectivity index (χ1v) is 11.3. The molecular weight excluding hydrogens is 434 g/mol. The van der Waals surface area contributed by atoms with E-state index < -0.39 is 0 Å². The minimum atomic E-state index is -0.221. The van der Waals surface area contributed by atoms with Crippen molar-refractivity contribution >= 4 is 29.3 Å². The van der Waals surface area contributed by atoms with Gasteiger partial charge in [0.1, 0.15) is 11.3 Å². The smallest absolute Gasteiger partial charge is 0.269 e. The fourth-order valence-corrected chi connectivity index (χ4v) is 4.15. The molecule has 1 aliphatic heterocycles. The standard InChI is InChI=1S/C23H27N9O2/c1-34-14-6-11-25-21(33)17-15-19(30-29-17)26-22-28-23(27-20-9-5-13-32(20)22)31-12-4-8-18(31)16-7-2-3-10-24-16/h2-3,5,7,9-10,13,15,18H,4,6,8,11-12,14H2,1H3,(H,25,33)(H2,26,27,28,29,30). The van der Waals surface area contributed by atoms with Crippen LogP contribution in [0.15, 0.2) is 48.8 Å². The van der Waals surface area contributed by atoms with Crippen LogP contribution in [0.2, 0.25) is 0 Å². The lowest BCUT2D eigenvalue weighted by atomic mass is 10.1. The van der Waals surface area contributed by atoms with Crippen LogP contribution >= 0.6 is 0 Å². The Labute approximate surface area is 196 Å². The highest BCUT2D eigenvalue weighted by molar-refractivity contribution is 5.93. The summed E-state index contributed by atoms with van der Waals surface area (Å²) in [7, 11) is 1.64. The Morgan fingerprint density at radius 2 is 2.21 bits per heavy atom. The van der Waals surface area contributed by atoms with Crippen molar-refractivity contribution in [3.8, 4) is 0 Å². The molecule has 5 rings (SSSR count). The maximum Gasteiger partial charge on any atom is 0.269 e. The zero-order valence-corrected chi connectivity index (χ0v) is 18.9. The molecule has 11 nitrogen and oxygen atoms in total. The monoisotopic (exact) mass is 461 g/mol. The zero-order chi connectivity index (χ0) is 23.3. The van der Waals surface area contributed by atoms with E-state index >= 15 is 0 Å². The lowest BCUT2D eigenvalue weighted by Gasteiger charge is -2.24. The van der Waals surface area contributed by atoms with Crippen molar-refractivity contribution in [1.82, 2.24) is 34.9 Å². The van der Waals surface area contributed by atoms with Crippen molar-refractivity contribution in [3.63, 3.8) is 0 Å². The predicted octanol–water partition coefficient (Wildman–Crippen LogP) is 2.70. The van der Waals surface area contributed by atoms with Crippen LogP contribution in [0, 0.1) is 0 Å². The van der Waals surface area contributed by atoms with Gasteiger partial charge in [-0.3, -0.25) is 19.3 Å². The average Bonchev–Trinajstić information content (AvgIpc) is 3.63. The van der Waals surface area contributed by atoms with E-state index in [4.69, 9.17) is 14.7 Å². The molecule has 5 heterocycles. The van der Waals surface area contributed by atoms with Crippen LogP contribution in [0.5, 0.6) is 0 Å². The summed E-state index contributed by atoms with van der Waals surface area (Å²) in [5.74, 6) is 1.47. The fraction of sp³-hybridized carbons (Fsp3) is 0.348. The molecule has 1 unspecified atom stereocenters. The molecule has 1 aliphatic rings. The second kappa shape index (κ2) is 9.87. The fourth-order valence-electron chi connectivity index (χ4n) is 4.15. The molecule has 0 aromatic carbocycles. The van der Waals surface area contributed by atoms with Gasteiger partial charge in [0.2, 0.25) is 11.9 Å². The van der Waals surface area contributed by atoms with Crippen molar-refractivity contribution in [1.29, 1.82) is 0 Å². The molecule has 0 bridgehead atoms. The number of hydrogen-bond acceptors (Lipinski definition) is 8. The first-order chi connectivity index (χ1) is 16.7. The Hall–Kier alpha value is -3.99. The third-order valence-corrected chi connectivity index (χ3v) is 5.79. The highest BCUT2D eigenvalue weighted by Crippen LogP contribution is 2.34. The first kappa shape index (κ1) is 21.8. The molecule has 3 N–H and O–H groups in total. The molecule has 11 heteroatoms. The number of hydrogen-bond donors (Lipinski definition) is 3. The van der Waals surface area contributed by atoms with Gasteiger partial charge in [0.15, 0.2) is 5.82 Å². The Morgan fingerprint density at radius 3 is 3.06 bits per heavy atom. The van der Waals surface area contributed by atoms with E-state index in [0.717, 1.165) is 37.1 Å². The molecule has 4 aromatic heterocycles. The van der Waals surface area contributed by atoms with E-state index in [-0.39, 0.29) is 11.9 Å². The minimum absolute atomic E-state index is 0.130. The van der Waals surface area contributed by atoms with Crippen LogP contribution in [0.25, 0.3) is 5.65 Å². The Balaban J connectivity index is 1.37. The van der Waals surface area contributed by atoms with Gasteiger partial charge in [-0.15, -0.1) is 0 Å². The van der Waals surface area contributed by atoms with Crippen molar-refractivity contribution < 1.29 is 9.53 Å². The number of aromatic amines is 1. The number of nitrogens with one attached hydrogen (secondary N) is 3. The normalized spacial score (nSPS) is 15.7. The Bertz CT molecular complexity index is 1250. The topological polar surface area (TPSA) is 125 Å². The van der Waals surface area contributed by atoms with E-state index in [1.807, 2.05) is 47.1 Å². The summed E-state index contributed by atoms with van der Waals surface area (Å²) < 4.78 is 6.86. The quantitative estimate of drug-likeness (QED) is 0.325. The van der Waals surface area contributed by atoms with Gasteiger partial charge in [-0.1, -0.05) is 6.07 Å². The maximum absolute atomic E-state index is 12.3. The van der Waals surface area contributed by atoms with E-state index in [2.05, 4.69) is 30.7 Å². The molecule has 0 spiro atoms. The lowest BCUT2D eigenvalue weighted by Crippen LogP contribution is -2.26. The van der Waals surface area contributed by atoms with Gasteiger partial charge in [0, 0.05) is 45.3 Å². The number of H-pyrrole nitrogens is 1. The SMILES string of the molecule is COCCCNC(=O)c1cc(Nc2nc(N3CCCC3c3ccccn3)nc3cccn23)n[nH]1. The van der Waals surface area contributed by atoms with Gasteiger partial charge >= 0.3 is 0 Å².